The molecule has 14 aromatic carbocycles. The summed E-state index contributed by atoms with van der Waals surface area (Å²) in [6, 6.07) is 107. The number of benzene rings is 14. The van der Waals surface area contributed by atoms with Crippen molar-refractivity contribution in [2.75, 3.05) is 0 Å². The smallest absolute Gasteiger partial charge is 0.309 e. The van der Waals surface area contributed by atoms with Gasteiger partial charge in [0.1, 0.15) is 0 Å². The molecule has 0 saturated carbocycles. The minimum atomic E-state index is -4.71. The summed E-state index contributed by atoms with van der Waals surface area (Å²) in [4.78, 5) is 0. The van der Waals surface area contributed by atoms with Crippen molar-refractivity contribution in [3.8, 4) is 45.3 Å². The first-order valence-electron chi connectivity index (χ1n) is 31.8. The SMILES string of the molecule is FC(F)(F)c1cccc(-c2c(-n3c4ccccc4c4ccccc43)c(-n3c4ccccc4c4ccccc43)c(-n3c4ccccc4c4ccc5c(c6ccccc6n5-c5ccccc5)c43)c(-n3c4ccccc4c4ccccc43)c2-n2c3ccccc3c3ccccc32)c1. The highest BCUT2D eigenvalue weighted by Crippen LogP contribution is 2.56. The molecule has 0 aliphatic carbocycles. The number of halogens is 3. The van der Waals surface area contributed by atoms with Crippen molar-refractivity contribution in [2.24, 2.45) is 0 Å². The monoisotopic (exact) mass is 1210 g/mol. The molecule has 442 valence electrons. The van der Waals surface area contributed by atoms with Crippen LogP contribution in [-0.4, -0.2) is 27.4 Å². The zero-order valence-corrected chi connectivity index (χ0v) is 50.3. The molecule has 0 radical (unpaired) electrons. The van der Waals surface area contributed by atoms with Gasteiger partial charge in [0.2, 0.25) is 0 Å². The topological polar surface area (TPSA) is 29.6 Å². The molecule has 0 aliphatic heterocycles. The summed E-state index contributed by atoms with van der Waals surface area (Å²) < 4.78 is 63.3. The molecule has 0 fully saturated rings. The third kappa shape index (κ3) is 7.15. The Morgan fingerprint density at radius 2 is 0.511 bits per heavy atom. The van der Waals surface area contributed by atoms with Crippen LogP contribution in [0.15, 0.2) is 309 Å². The van der Waals surface area contributed by atoms with E-state index in [9.17, 15) is 0 Å². The lowest BCUT2D eigenvalue weighted by Crippen LogP contribution is -2.18. The Balaban J connectivity index is 1.19. The standard InChI is InChI=1S/C85H51F3N6/c86-85(87,88)53-26-24-25-52(51-53)77-80(90-66-39-14-4-29-55(66)56-30-5-15-40-67(56)90)82(92-70-43-18-8-33-59(70)60-34-9-19-44-71(60)92)84(94-74-47-22-12-37-63(74)64-49-50-76-78(79(64)94)65-38-13-23-48-75(65)89(76)54-27-2-1-3-28-54)83(93-72-45-20-10-35-61(72)62-36-11-21-46-73(62)93)81(77)91-68-41-16-6-31-57(68)58-32-7-17-42-69(58)91/h1-51H. The number of alkyl halides is 3. The minimum absolute atomic E-state index is 0.384. The van der Waals surface area contributed by atoms with Crippen LogP contribution in [0.2, 0.25) is 0 Å². The Kier molecular flexibility index (Phi) is 10.9. The van der Waals surface area contributed by atoms with Gasteiger partial charge in [-0.05, 0) is 96.6 Å². The quantitative estimate of drug-likeness (QED) is 0.152. The van der Waals surface area contributed by atoms with Gasteiger partial charge in [0.05, 0.1) is 100 Å². The van der Waals surface area contributed by atoms with Crippen LogP contribution in [0.3, 0.4) is 0 Å². The van der Waals surface area contributed by atoms with Crippen LogP contribution < -0.4 is 0 Å². The lowest BCUT2D eigenvalue weighted by Gasteiger charge is -2.32. The van der Waals surface area contributed by atoms with Gasteiger partial charge in [-0.25, -0.2) is 0 Å². The molecule has 94 heavy (non-hydrogen) atoms. The predicted molar refractivity (Wildman–Crippen MR) is 383 cm³/mol. The van der Waals surface area contributed by atoms with Gasteiger partial charge in [-0.2, -0.15) is 13.2 Å². The Morgan fingerprint density at radius 3 is 0.883 bits per heavy atom. The number of aromatic nitrogens is 6. The first-order valence-corrected chi connectivity index (χ1v) is 31.8. The van der Waals surface area contributed by atoms with Crippen LogP contribution in [0.25, 0.3) is 176 Å². The molecule has 0 N–H and O–H groups in total. The number of rotatable bonds is 7. The molecular formula is C85H51F3N6. The summed E-state index contributed by atoms with van der Waals surface area (Å²) in [6.07, 6.45) is -4.71. The fourth-order valence-corrected chi connectivity index (χ4v) is 16.1. The molecule has 9 heteroatoms. The third-order valence-corrected chi connectivity index (χ3v) is 19.8. The minimum Gasteiger partial charge on any atom is -0.309 e. The molecule has 0 aliphatic rings. The predicted octanol–water partition coefficient (Wildman–Crippen LogP) is 23.0. The number of para-hydroxylation sites is 11. The Hall–Kier alpha value is -12.3. The summed E-state index contributed by atoms with van der Waals surface area (Å²) in [7, 11) is 0. The number of fused-ring (bicyclic) bond motifs is 19. The fraction of sp³-hybridized carbons (Fsp3) is 0.0118. The number of hydrogen-bond donors (Lipinski definition) is 0. The molecule has 20 rings (SSSR count). The van der Waals surface area contributed by atoms with E-state index >= 15 is 13.2 Å². The van der Waals surface area contributed by atoms with Gasteiger partial charge in [-0.15, -0.1) is 0 Å². The number of hydrogen-bond acceptors (Lipinski definition) is 0. The molecule has 0 saturated heterocycles. The van der Waals surface area contributed by atoms with E-state index in [1.807, 2.05) is 6.07 Å². The lowest BCUT2D eigenvalue weighted by molar-refractivity contribution is -0.137. The van der Waals surface area contributed by atoms with E-state index < -0.39 is 11.7 Å². The first-order chi connectivity index (χ1) is 46.4. The van der Waals surface area contributed by atoms with Crippen molar-refractivity contribution in [1.29, 1.82) is 0 Å². The molecular weight excluding hydrogens is 1160 g/mol. The first kappa shape index (κ1) is 52.4. The average Bonchev–Trinajstić information content (AvgIpc) is 1.41. The van der Waals surface area contributed by atoms with Gasteiger partial charge < -0.3 is 27.4 Å². The summed E-state index contributed by atoms with van der Waals surface area (Å²) in [5.74, 6) is 0. The van der Waals surface area contributed by atoms with Crippen LogP contribution in [0.4, 0.5) is 13.2 Å². The molecule has 6 aromatic heterocycles. The maximum atomic E-state index is 16.2. The molecule has 20 aromatic rings. The van der Waals surface area contributed by atoms with E-state index in [1.165, 1.54) is 12.1 Å². The second kappa shape index (κ2) is 19.6. The molecule has 0 amide bonds. The molecule has 0 spiro atoms. The third-order valence-electron chi connectivity index (χ3n) is 19.8. The van der Waals surface area contributed by atoms with Crippen molar-refractivity contribution in [2.45, 2.75) is 6.18 Å². The summed E-state index contributed by atoms with van der Waals surface area (Å²) >= 11 is 0. The molecule has 0 unspecified atom stereocenters. The summed E-state index contributed by atoms with van der Waals surface area (Å²) in [6.45, 7) is 0. The van der Waals surface area contributed by atoms with Crippen LogP contribution in [0.5, 0.6) is 0 Å². The van der Waals surface area contributed by atoms with Gasteiger partial charge in [-0.3, -0.25) is 0 Å². The van der Waals surface area contributed by atoms with Gasteiger partial charge in [0.25, 0.3) is 0 Å². The zero-order valence-electron chi connectivity index (χ0n) is 50.3. The lowest BCUT2D eigenvalue weighted by atomic mass is 9.93. The Bertz CT molecular complexity index is 6140. The maximum Gasteiger partial charge on any atom is 0.416 e. The van der Waals surface area contributed by atoms with Crippen LogP contribution in [0, 0.1) is 0 Å². The van der Waals surface area contributed by atoms with Crippen molar-refractivity contribution >= 4 is 131 Å². The fourth-order valence-electron chi connectivity index (χ4n) is 16.1. The van der Waals surface area contributed by atoms with Gasteiger partial charge in [0, 0.05) is 75.9 Å². The van der Waals surface area contributed by atoms with E-state index in [2.05, 4.69) is 313 Å². The van der Waals surface area contributed by atoms with Crippen molar-refractivity contribution in [1.82, 2.24) is 27.4 Å². The van der Waals surface area contributed by atoms with Crippen molar-refractivity contribution in [3.63, 3.8) is 0 Å². The average molecular weight is 1210 g/mol. The largest absolute Gasteiger partial charge is 0.416 e. The second-order valence-electron chi connectivity index (χ2n) is 24.6. The molecule has 6 nitrogen and oxygen atoms in total. The number of nitrogens with zero attached hydrogens (tertiary/aromatic N) is 6. The van der Waals surface area contributed by atoms with Gasteiger partial charge in [-0.1, -0.05) is 218 Å². The van der Waals surface area contributed by atoms with Gasteiger partial charge >= 0.3 is 6.18 Å². The Morgan fingerprint density at radius 1 is 0.213 bits per heavy atom. The highest BCUT2D eigenvalue weighted by atomic mass is 19.4. The molecule has 0 atom stereocenters. The highest BCUT2D eigenvalue weighted by molar-refractivity contribution is 6.27. The van der Waals surface area contributed by atoms with Crippen LogP contribution in [0.1, 0.15) is 5.56 Å². The molecule has 0 bridgehead atoms. The van der Waals surface area contributed by atoms with Crippen molar-refractivity contribution < 1.29 is 13.2 Å². The van der Waals surface area contributed by atoms with E-state index in [4.69, 9.17) is 0 Å². The summed E-state index contributed by atoms with van der Waals surface area (Å²) in [5.41, 5.74) is 16.2. The zero-order chi connectivity index (χ0) is 62.1. The van der Waals surface area contributed by atoms with Crippen molar-refractivity contribution in [3.05, 3.63) is 315 Å². The van der Waals surface area contributed by atoms with E-state index in [-0.39, 0.29) is 0 Å². The van der Waals surface area contributed by atoms with Gasteiger partial charge in [0.15, 0.2) is 0 Å². The Labute approximate surface area is 534 Å². The maximum absolute atomic E-state index is 16.2. The second-order valence-corrected chi connectivity index (χ2v) is 24.6. The van der Waals surface area contributed by atoms with E-state index in [0.717, 1.165) is 154 Å². The van der Waals surface area contributed by atoms with E-state index in [1.54, 1.807) is 6.07 Å². The highest BCUT2D eigenvalue weighted by Gasteiger charge is 2.39. The van der Waals surface area contributed by atoms with E-state index in [0.29, 0.717) is 22.5 Å². The van der Waals surface area contributed by atoms with Crippen LogP contribution >= 0.6 is 0 Å². The molecule has 6 heterocycles. The summed E-state index contributed by atoms with van der Waals surface area (Å²) in [5, 5.41) is 12.3. The normalized spacial score (nSPS) is 12.4. The van der Waals surface area contributed by atoms with Crippen LogP contribution in [-0.2, 0) is 6.18 Å².